The molecule has 1 amide bonds. The Labute approximate surface area is 162 Å². The zero-order valence-corrected chi connectivity index (χ0v) is 16.2. The van der Waals surface area contributed by atoms with Crippen LogP contribution in [0, 0.1) is 0 Å². The Hall–Kier alpha value is -2.54. The van der Waals surface area contributed by atoms with Gasteiger partial charge in [0, 0.05) is 18.8 Å². The van der Waals surface area contributed by atoms with Gasteiger partial charge in [-0.1, -0.05) is 11.6 Å². The molecule has 2 heterocycles. The van der Waals surface area contributed by atoms with E-state index in [9.17, 15) is 9.59 Å². The quantitative estimate of drug-likeness (QED) is 0.848. The highest BCUT2D eigenvalue weighted by molar-refractivity contribution is 6.33. The highest BCUT2D eigenvalue weighted by Crippen LogP contribution is 2.25. The molecule has 0 aliphatic carbocycles. The molecule has 2 aromatic rings. The van der Waals surface area contributed by atoms with Gasteiger partial charge < -0.3 is 15.0 Å². The average Bonchev–Trinajstić information content (AvgIpc) is 2.70. The number of ether oxygens (including phenoxy) is 1. The van der Waals surface area contributed by atoms with E-state index in [0.29, 0.717) is 17.1 Å². The van der Waals surface area contributed by atoms with Crippen LogP contribution in [0.4, 0.5) is 11.4 Å². The van der Waals surface area contributed by atoms with Crippen LogP contribution in [0.15, 0.2) is 35.3 Å². The maximum Gasteiger partial charge on any atom is 0.288 e. The first-order valence-electron chi connectivity index (χ1n) is 8.98. The summed E-state index contributed by atoms with van der Waals surface area (Å²) in [6.07, 6.45) is 4.90. The Bertz CT molecular complexity index is 860. The molecule has 3 rings (SSSR count). The van der Waals surface area contributed by atoms with E-state index in [-0.39, 0.29) is 10.9 Å². The van der Waals surface area contributed by atoms with Gasteiger partial charge in [0.25, 0.3) is 5.56 Å². The lowest BCUT2D eigenvalue weighted by Crippen LogP contribution is -2.36. The molecule has 1 atom stereocenters. The molecule has 27 heavy (non-hydrogen) atoms. The third kappa shape index (κ3) is 4.24. The van der Waals surface area contributed by atoms with Crippen LogP contribution >= 0.6 is 11.6 Å². The van der Waals surface area contributed by atoms with Crippen LogP contribution in [0.25, 0.3) is 0 Å². The smallest absolute Gasteiger partial charge is 0.288 e. The molecule has 1 aliphatic rings. The normalized spacial score (nSPS) is 15.3. The van der Waals surface area contributed by atoms with Crippen molar-refractivity contribution in [3.63, 3.8) is 0 Å². The van der Waals surface area contributed by atoms with Gasteiger partial charge in [-0.3, -0.25) is 9.59 Å². The largest absolute Gasteiger partial charge is 0.497 e. The molecular weight excluding hydrogens is 368 g/mol. The second kappa shape index (κ2) is 8.43. The van der Waals surface area contributed by atoms with Crippen LogP contribution in [-0.2, 0) is 4.79 Å². The number of aromatic nitrogens is 2. The topological polar surface area (TPSA) is 76.5 Å². The van der Waals surface area contributed by atoms with Crippen LogP contribution in [0.2, 0.25) is 5.02 Å². The Morgan fingerprint density at radius 1 is 1.22 bits per heavy atom. The molecule has 1 N–H and O–H groups in total. The van der Waals surface area contributed by atoms with Crippen molar-refractivity contribution in [1.82, 2.24) is 9.78 Å². The van der Waals surface area contributed by atoms with Gasteiger partial charge in [-0.2, -0.15) is 5.10 Å². The number of nitrogens with one attached hydrogen (secondary N) is 1. The summed E-state index contributed by atoms with van der Waals surface area (Å²) in [7, 11) is 1.57. The highest BCUT2D eigenvalue weighted by Gasteiger charge is 2.22. The molecule has 1 aliphatic heterocycles. The zero-order valence-electron chi connectivity index (χ0n) is 15.4. The number of hydrogen-bond donors (Lipinski definition) is 1. The van der Waals surface area contributed by atoms with Crippen LogP contribution in [-0.4, -0.2) is 35.9 Å². The summed E-state index contributed by atoms with van der Waals surface area (Å²) in [4.78, 5) is 27.3. The molecule has 0 spiro atoms. The first-order valence-corrected chi connectivity index (χ1v) is 9.36. The summed E-state index contributed by atoms with van der Waals surface area (Å²) >= 11 is 6.31. The van der Waals surface area contributed by atoms with E-state index in [0.717, 1.165) is 30.6 Å². The third-order valence-corrected chi connectivity index (χ3v) is 5.08. The van der Waals surface area contributed by atoms with Gasteiger partial charge in [-0.05, 0) is 50.5 Å². The highest BCUT2D eigenvalue weighted by atomic mass is 35.5. The van der Waals surface area contributed by atoms with Crippen molar-refractivity contribution < 1.29 is 9.53 Å². The molecule has 0 bridgehead atoms. The van der Waals surface area contributed by atoms with Gasteiger partial charge in [0.05, 0.1) is 19.0 Å². The van der Waals surface area contributed by atoms with E-state index in [1.165, 1.54) is 6.42 Å². The van der Waals surface area contributed by atoms with Gasteiger partial charge in [-0.15, -0.1) is 0 Å². The number of halogens is 1. The molecule has 0 saturated carbocycles. The Balaban J connectivity index is 1.77. The van der Waals surface area contributed by atoms with Crippen molar-refractivity contribution in [3.05, 3.63) is 45.8 Å². The van der Waals surface area contributed by atoms with E-state index < -0.39 is 11.6 Å². The third-order valence-electron chi connectivity index (χ3n) is 4.73. The molecule has 1 aromatic heterocycles. The number of amides is 1. The molecule has 7 nitrogen and oxygen atoms in total. The molecule has 1 saturated heterocycles. The van der Waals surface area contributed by atoms with Gasteiger partial charge in [0.2, 0.25) is 5.91 Å². The Morgan fingerprint density at radius 3 is 2.52 bits per heavy atom. The fourth-order valence-electron chi connectivity index (χ4n) is 3.10. The van der Waals surface area contributed by atoms with Crippen molar-refractivity contribution >= 4 is 28.9 Å². The molecule has 1 fully saturated rings. The van der Waals surface area contributed by atoms with E-state index in [4.69, 9.17) is 16.3 Å². The predicted octanol–water partition coefficient (Wildman–Crippen LogP) is 3.10. The summed E-state index contributed by atoms with van der Waals surface area (Å²) in [5, 5.41) is 7.08. The van der Waals surface area contributed by atoms with Crippen molar-refractivity contribution in [2.24, 2.45) is 0 Å². The lowest BCUT2D eigenvalue weighted by atomic mass is 10.1. The summed E-state index contributed by atoms with van der Waals surface area (Å²) in [5.41, 5.74) is 0.786. The summed E-state index contributed by atoms with van der Waals surface area (Å²) in [6, 6.07) is 6.15. The average molecular weight is 391 g/mol. The molecule has 144 valence electrons. The van der Waals surface area contributed by atoms with Crippen LogP contribution in [0.5, 0.6) is 5.75 Å². The minimum Gasteiger partial charge on any atom is -0.497 e. The maximum absolute atomic E-state index is 12.7. The fraction of sp³-hybridized carbons (Fsp3) is 0.421. The number of rotatable bonds is 5. The lowest BCUT2D eigenvalue weighted by molar-refractivity contribution is -0.119. The number of methoxy groups -OCH3 is 1. The van der Waals surface area contributed by atoms with Gasteiger partial charge in [-0.25, -0.2) is 4.68 Å². The fourth-order valence-corrected chi connectivity index (χ4v) is 3.35. The van der Waals surface area contributed by atoms with E-state index in [1.807, 2.05) is 0 Å². The van der Waals surface area contributed by atoms with Crippen LogP contribution < -0.4 is 20.5 Å². The predicted molar refractivity (Wildman–Crippen MR) is 106 cm³/mol. The summed E-state index contributed by atoms with van der Waals surface area (Å²) < 4.78 is 6.21. The SMILES string of the molecule is COc1ccc(NC(=O)[C@@H](C)n2ncc(N3CCCCC3)c(Cl)c2=O)cc1. The Morgan fingerprint density at radius 2 is 1.89 bits per heavy atom. The standard InChI is InChI=1S/C19H23ClN4O3/c1-13(18(25)22-14-6-8-15(27-2)9-7-14)24-19(26)17(20)16(12-21-24)23-10-4-3-5-11-23/h6-9,12-13H,3-5,10-11H2,1-2H3,(H,22,25)/t13-/m1/s1. The van der Waals surface area contributed by atoms with Crippen molar-refractivity contribution in [1.29, 1.82) is 0 Å². The van der Waals surface area contributed by atoms with E-state index in [1.54, 1.807) is 44.5 Å². The van der Waals surface area contributed by atoms with Crippen molar-refractivity contribution in [2.75, 3.05) is 30.4 Å². The number of nitrogens with zero attached hydrogens (tertiary/aromatic N) is 3. The minimum absolute atomic E-state index is 0.107. The molecule has 8 heteroatoms. The molecule has 0 unspecified atom stereocenters. The van der Waals surface area contributed by atoms with E-state index in [2.05, 4.69) is 15.3 Å². The minimum atomic E-state index is -0.799. The van der Waals surface area contributed by atoms with Gasteiger partial charge in [0.15, 0.2) is 0 Å². The second-order valence-corrected chi connectivity index (χ2v) is 6.91. The number of piperidine rings is 1. The molecule has 0 radical (unpaired) electrons. The van der Waals surface area contributed by atoms with Crippen LogP contribution in [0.1, 0.15) is 32.2 Å². The monoisotopic (exact) mass is 390 g/mol. The summed E-state index contributed by atoms with van der Waals surface area (Å²) in [5.74, 6) is 0.343. The number of hydrogen-bond acceptors (Lipinski definition) is 5. The second-order valence-electron chi connectivity index (χ2n) is 6.53. The first-order chi connectivity index (χ1) is 13.0. The van der Waals surface area contributed by atoms with Gasteiger partial charge in [0.1, 0.15) is 16.8 Å². The summed E-state index contributed by atoms with van der Waals surface area (Å²) in [6.45, 7) is 3.33. The van der Waals surface area contributed by atoms with E-state index >= 15 is 0 Å². The van der Waals surface area contributed by atoms with Crippen LogP contribution in [0.3, 0.4) is 0 Å². The van der Waals surface area contributed by atoms with Gasteiger partial charge >= 0.3 is 0 Å². The number of benzene rings is 1. The van der Waals surface area contributed by atoms with Crippen molar-refractivity contribution in [3.8, 4) is 5.75 Å². The zero-order chi connectivity index (χ0) is 19.4. The first kappa shape index (κ1) is 19.2. The number of carbonyl (C=O) groups excluding carboxylic acids is 1. The lowest BCUT2D eigenvalue weighted by Gasteiger charge is -2.29. The van der Waals surface area contributed by atoms with Crippen molar-refractivity contribution in [2.45, 2.75) is 32.2 Å². The number of anilines is 2. The maximum atomic E-state index is 12.7. The number of carbonyl (C=O) groups is 1. The Kier molecular flexibility index (Phi) is 6.01. The molecule has 1 aromatic carbocycles. The molecular formula is C19H23ClN4O3.